The van der Waals surface area contributed by atoms with E-state index in [1.165, 1.54) is 16.7 Å². The van der Waals surface area contributed by atoms with E-state index in [4.69, 9.17) is 4.74 Å². The van der Waals surface area contributed by atoms with E-state index in [-0.39, 0.29) is 0 Å². The largest absolute Gasteiger partial charge is 0.496 e. The van der Waals surface area contributed by atoms with Crippen LogP contribution in [0.3, 0.4) is 0 Å². The fourth-order valence-electron chi connectivity index (χ4n) is 2.27. The molecule has 19 heavy (non-hydrogen) atoms. The van der Waals surface area contributed by atoms with Crippen molar-refractivity contribution in [3.8, 4) is 5.75 Å². The molecule has 1 aromatic rings. The average molecular weight is 257 g/mol. The highest BCUT2D eigenvalue weighted by atomic mass is 16.5. The summed E-state index contributed by atoms with van der Waals surface area (Å²) >= 11 is 0. The minimum Gasteiger partial charge on any atom is -0.496 e. The van der Waals surface area contributed by atoms with Crippen molar-refractivity contribution in [3.63, 3.8) is 0 Å². The fourth-order valence-corrected chi connectivity index (χ4v) is 2.27. The predicted octanol–water partition coefficient (Wildman–Crippen LogP) is 4.69. The molecule has 0 atom stereocenters. The third-order valence-electron chi connectivity index (χ3n) is 3.08. The van der Waals surface area contributed by atoms with Crippen molar-refractivity contribution >= 4 is 11.8 Å². The third kappa shape index (κ3) is 3.34. The van der Waals surface area contributed by atoms with E-state index < -0.39 is 0 Å². The monoisotopic (exact) mass is 257 g/mol. The summed E-state index contributed by atoms with van der Waals surface area (Å²) in [5, 5.41) is 0. The lowest BCUT2D eigenvalue weighted by atomic mass is 9.92. The van der Waals surface area contributed by atoms with Gasteiger partial charge in [0.2, 0.25) is 0 Å². The van der Waals surface area contributed by atoms with Crippen LogP contribution in [0, 0.1) is 13.8 Å². The highest BCUT2D eigenvalue weighted by molar-refractivity contribution is 6.04. The summed E-state index contributed by atoms with van der Waals surface area (Å²) in [4.78, 5) is 4.33. The van der Waals surface area contributed by atoms with E-state index in [1.54, 1.807) is 13.3 Å². The maximum absolute atomic E-state index is 5.45. The van der Waals surface area contributed by atoms with E-state index in [1.807, 2.05) is 6.92 Å². The molecule has 2 nitrogen and oxygen atoms in total. The maximum Gasteiger partial charge on any atom is 0.122 e. The van der Waals surface area contributed by atoms with Crippen LogP contribution in [0.4, 0.5) is 0 Å². The Hall–Kier alpha value is -1.83. The zero-order chi connectivity index (χ0) is 14.6. The SMILES string of the molecule is C=CN=C(C)c1c(C)cc(OC)c(C)c1C=C(C)C. The van der Waals surface area contributed by atoms with Gasteiger partial charge in [0.1, 0.15) is 5.75 Å². The summed E-state index contributed by atoms with van der Waals surface area (Å²) in [6.45, 7) is 14.0. The van der Waals surface area contributed by atoms with Crippen molar-refractivity contribution in [2.45, 2.75) is 34.6 Å². The lowest BCUT2D eigenvalue weighted by Crippen LogP contribution is -2.05. The van der Waals surface area contributed by atoms with Crippen LogP contribution in [0.5, 0.6) is 5.75 Å². The molecule has 1 aromatic carbocycles. The van der Waals surface area contributed by atoms with Crippen LogP contribution in [0.15, 0.2) is 29.4 Å². The number of nitrogens with zero attached hydrogens (tertiary/aromatic N) is 1. The molecular formula is C17H23NO. The van der Waals surface area contributed by atoms with Gasteiger partial charge in [-0.1, -0.05) is 18.2 Å². The molecule has 0 heterocycles. The van der Waals surface area contributed by atoms with Gasteiger partial charge in [-0.2, -0.15) is 0 Å². The molecule has 0 spiro atoms. The molecule has 0 bridgehead atoms. The quantitative estimate of drug-likeness (QED) is 0.717. The van der Waals surface area contributed by atoms with E-state index in [0.29, 0.717) is 0 Å². The maximum atomic E-state index is 5.45. The highest BCUT2D eigenvalue weighted by Crippen LogP contribution is 2.30. The Labute approximate surface area is 116 Å². The van der Waals surface area contributed by atoms with Gasteiger partial charge in [-0.3, -0.25) is 4.99 Å². The fraction of sp³-hybridized carbons (Fsp3) is 0.353. The first-order chi connectivity index (χ1) is 8.92. The molecule has 0 saturated heterocycles. The first kappa shape index (κ1) is 15.2. The van der Waals surface area contributed by atoms with Gasteiger partial charge in [-0.15, -0.1) is 0 Å². The lowest BCUT2D eigenvalue weighted by Gasteiger charge is -2.16. The Morgan fingerprint density at radius 1 is 1.26 bits per heavy atom. The molecular weight excluding hydrogens is 234 g/mol. The molecule has 0 unspecified atom stereocenters. The van der Waals surface area contributed by atoms with Crippen molar-refractivity contribution < 1.29 is 4.74 Å². The number of methoxy groups -OCH3 is 1. The zero-order valence-corrected chi connectivity index (χ0v) is 12.8. The zero-order valence-electron chi connectivity index (χ0n) is 12.8. The molecule has 1 rings (SSSR count). The third-order valence-corrected chi connectivity index (χ3v) is 3.08. The van der Waals surface area contributed by atoms with Gasteiger partial charge in [0, 0.05) is 17.5 Å². The van der Waals surface area contributed by atoms with Crippen LogP contribution in [-0.4, -0.2) is 12.8 Å². The Morgan fingerprint density at radius 2 is 1.89 bits per heavy atom. The van der Waals surface area contributed by atoms with Crippen molar-refractivity contribution in [1.29, 1.82) is 0 Å². The molecule has 2 heteroatoms. The summed E-state index contributed by atoms with van der Waals surface area (Å²) in [5.41, 5.74) is 6.88. The first-order valence-electron chi connectivity index (χ1n) is 6.41. The number of aliphatic imine (C=N–C) groups is 1. The van der Waals surface area contributed by atoms with Crippen LogP contribution in [-0.2, 0) is 0 Å². The molecule has 0 fully saturated rings. The second-order valence-electron chi connectivity index (χ2n) is 4.93. The number of rotatable bonds is 4. The van der Waals surface area contributed by atoms with Crippen LogP contribution < -0.4 is 4.74 Å². The normalized spacial score (nSPS) is 11.2. The van der Waals surface area contributed by atoms with Gasteiger partial charge in [-0.25, -0.2) is 0 Å². The second kappa shape index (κ2) is 6.37. The van der Waals surface area contributed by atoms with Crippen molar-refractivity contribution in [3.05, 3.63) is 46.7 Å². The molecule has 0 aromatic heterocycles. The molecule has 0 saturated carbocycles. The van der Waals surface area contributed by atoms with Gasteiger partial charge in [0.25, 0.3) is 0 Å². The minimum atomic E-state index is 0.917. The molecule has 0 aliphatic heterocycles. The smallest absolute Gasteiger partial charge is 0.122 e. The van der Waals surface area contributed by atoms with E-state index in [9.17, 15) is 0 Å². The Balaban J connectivity index is 3.70. The van der Waals surface area contributed by atoms with Crippen molar-refractivity contribution in [2.24, 2.45) is 4.99 Å². The number of hydrogen-bond donors (Lipinski definition) is 0. The topological polar surface area (TPSA) is 21.6 Å². The number of allylic oxidation sites excluding steroid dienone is 1. The minimum absolute atomic E-state index is 0.917. The molecule has 0 aliphatic rings. The van der Waals surface area contributed by atoms with Gasteiger partial charge < -0.3 is 4.74 Å². The van der Waals surface area contributed by atoms with Gasteiger partial charge in [-0.05, 0) is 57.4 Å². The van der Waals surface area contributed by atoms with E-state index >= 15 is 0 Å². The molecule has 0 radical (unpaired) electrons. The summed E-state index contributed by atoms with van der Waals surface area (Å²) in [6.07, 6.45) is 3.77. The second-order valence-corrected chi connectivity index (χ2v) is 4.93. The highest BCUT2D eigenvalue weighted by Gasteiger charge is 2.14. The molecule has 0 N–H and O–H groups in total. The Morgan fingerprint density at radius 3 is 2.37 bits per heavy atom. The first-order valence-corrected chi connectivity index (χ1v) is 6.41. The van der Waals surface area contributed by atoms with Crippen LogP contribution in [0.25, 0.3) is 6.08 Å². The van der Waals surface area contributed by atoms with Crippen LogP contribution in [0.2, 0.25) is 0 Å². The van der Waals surface area contributed by atoms with E-state index in [0.717, 1.165) is 22.6 Å². The summed E-state index contributed by atoms with van der Waals surface area (Å²) in [7, 11) is 1.71. The molecule has 0 amide bonds. The van der Waals surface area contributed by atoms with Gasteiger partial charge in [0.15, 0.2) is 0 Å². The molecule has 0 aliphatic carbocycles. The predicted molar refractivity (Wildman–Crippen MR) is 84.2 cm³/mol. The summed E-state index contributed by atoms with van der Waals surface area (Å²) in [6, 6.07) is 2.06. The van der Waals surface area contributed by atoms with E-state index in [2.05, 4.69) is 51.4 Å². The van der Waals surface area contributed by atoms with Crippen LogP contribution >= 0.6 is 0 Å². The number of hydrogen-bond acceptors (Lipinski definition) is 2. The van der Waals surface area contributed by atoms with Gasteiger partial charge >= 0.3 is 0 Å². The summed E-state index contributed by atoms with van der Waals surface area (Å²) < 4.78 is 5.45. The summed E-state index contributed by atoms with van der Waals surface area (Å²) in [5.74, 6) is 0.917. The molecule has 102 valence electrons. The number of ether oxygens (including phenoxy) is 1. The Bertz CT molecular complexity index is 547. The Kier molecular flexibility index (Phi) is 5.11. The standard InChI is InChI=1S/C17H23NO/c1-8-18-14(6)17-12(4)10-16(19-7)13(5)15(17)9-11(2)3/h8-10H,1H2,2-7H3. The van der Waals surface area contributed by atoms with Gasteiger partial charge in [0.05, 0.1) is 7.11 Å². The number of benzene rings is 1. The van der Waals surface area contributed by atoms with Crippen LogP contribution in [0.1, 0.15) is 43.0 Å². The average Bonchev–Trinajstić information content (AvgIpc) is 2.33. The van der Waals surface area contributed by atoms with Crippen molar-refractivity contribution in [2.75, 3.05) is 7.11 Å². The van der Waals surface area contributed by atoms with Crippen molar-refractivity contribution in [1.82, 2.24) is 0 Å². The number of aryl methyl sites for hydroxylation is 1. The lowest BCUT2D eigenvalue weighted by molar-refractivity contribution is 0.411.